The van der Waals surface area contributed by atoms with Gasteiger partial charge in [0, 0.05) is 25.1 Å². The molecule has 1 aromatic carbocycles. The number of aromatic nitrogens is 2. The van der Waals surface area contributed by atoms with Crippen molar-refractivity contribution in [3.63, 3.8) is 0 Å². The highest BCUT2D eigenvalue weighted by Crippen LogP contribution is 2.32. The zero-order valence-corrected chi connectivity index (χ0v) is 11.3. The number of imidazole rings is 1. The topological polar surface area (TPSA) is 39.1 Å². The van der Waals surface area contributed by atoms with Gasteiger partial charge in [-0.2, -0.15) is 0 Å². The van der Waals surface area contributed by atoms with Crippen LogP contribution >= 0.6 is 15.9 Å². The molecule has 19 heavy (non-hydrogen) atoms. The fourth-order valence-electron chi connectivity index (χ4n) is 1.54. The minimum absolute atomic E-state index is 0.207. The van der Waals surface area contributed by atoms with Gasteiger partial charge in [0.05, 0.1) is 4.47 Å². The molecule has 0 saturated heterocycles. The highest BCUT2D eigenvalue weighted by molar-refractivity contribution is 9.10. The minimum Gasteiger partial charge on any atom is -0.405 e. The van der Waals surface area contributed by atoms with Crippen molar-refractivity contribution >= 4 is 21.9 Å². The van der Waals surface area contributed by atoms with Crippen LogP contribution in [0.2, 0.25) is 0 Å². The van der Waals surface area contributed by atoms with Crippen molar-refractivity contribution in [3.05, 3.63) is 35.1 Å². The smallest absolute Gasteiger partial charge is 0.405 e. The standard InChI is InChI=1S/C11H9BrF3N3O/c1-16-10-17-4-5-18(10)7-2-3-9(8(12)6-7)19-11(13,14)15/h2-6H,1H3,(H,16,17). The first kappa shape index (κ1) is 13.7. The zero-order chi connectivity index (χ0) is 14.0. The molecule has 2 aromatic rings. The molecule has 102 valence electrons. The fraction of sp³-hybridized carbons (Fsp3) is 0.182. The van der Waals surface area contributed by atoms with Crippen LogP contribution in [0.25, 0.3) is 5.69 Å². The number of hydrogen-bond acceptors (Lipinski definition) is 3. The molecule has 4 nitrogen and oxygen atoms in total. The molecule has 0 radical (unpaired) electrons. The number of nitrogens with zero attached hydrogens (tertiary/aromatic N) is 2. The number of hydrogen-bond donors (Lipinski definition) is 1. The monoisotopic (exact) mass is 335 g/mol. The molecule has 0 amide bonds. The van der Waals surface area contributed by atoms with Gasteiger partial charge in [0.15, 0.2) is 0 Å². The van der Waals surface area contributed by atoms with E-state index in [0.29, 0.717) is 11.6 Å². The average molecular weight is 336 g/mol. The van der Waals surface area contributed by atoms with Crippen LogP contribution in [0.15, 0.2) is 35.1 Å². The molecule has 0 aliphatic heterocycles. The predicted octanol–water partition coefficient (Wildman–Crippen LogP) is 3.58. The molecule has 0 bridgehead atoms. The van der Waals surface area contributed by atoms with Crippen molar-refractivity contribution in [1.82, 2.24) is 9.55 Å². The summed E-state index contributed by atoms with van der Waals surface area (Å²) >= 11 is 3.05. The van der Waals surface area contributed by atoms with Gasteiger partial charge in [0.1, 0.15) is 5.75 Å². The van der Waals surface area contributed by atoms with Crippen LogP contribution in [0.3, 0.4) is 0 Å². The van der Waals surface area contributed by atoms with Gasteiger partial charge in [0.2, 0.25) is 5.95 Å². The van der Waals surface area contributed by atoms with Crippen molar-refractivity contribution in [2.75, 3.05) is 12.4 Å². The lowest BCUT2D eigenvalue weighted by atomic mass is 10.3. The number of rotatable bonds is 3. The third-order valence-electron chi connectivity index (χ3n) is 2.28. The van der Waals surface area contributed by atoms with Gasteiger partial charge in [-0.1, -0.05) is 0 Å². The summed E-state index contributed by atoms with van der Waals surface area (Å²) in [6.07, 6.45) is -1.44. The van der Waals surface area contributed by atoms with Gasteiger partial charge in [-0.05, 0) is 34.1 Å². The average Bonchev–Trinajstić information content (AvgIpc) is 2.78. The lowest BCUT2D eigenvalue weighted by molar-refractivity contribution is -0.274. The Morgan fingerprint density at radius 2 is 2.11 bits per heavy atom. The Morgan fingerprint density at radius 3 is 2.68 bits per heavy atom. The first-order chi connectivity index (χ1) is 8.90. The van der Waals surface area contributed by atoms with E-state index in [0.717, 1.165) is 0 Å². The van der Waals surface area contributed by atoms with Crippen molar-refractivity contribution in [1.29, 1.82) is 0 Å². The van der Waals surface area contributed by atoms with Crippen LogP contribution in [-0.4, -0.2) is 23.0 Å². The van der Waals surface area contributed by atoms with Gasteiger partial charge in [-0.25, -0.2) is 4.98 Å². The summed E-state index contributed by atoms with van der Waals surface area (Å²) in [7, 11) is 1.70. The van der Waals surface area contributed by atoms with E-state index in [1.165, 1.54) is 18.2 Å². The van der Waals surface area contributed by atoms with E-state index < -0.39 is 6.36 Å². The number of alkyl halides is 3. The molecule has 1 aromatic heterocycles. The predicted molar refractivity (Wildman–Crippen MR) is 67.5 cm³/mol. The number of benzene rings is 1. The maximum atomic E-state index is 12.1. The molecule has 0 aliphatic carbocycles. The number of anilines is 1. The highest BCUT2D eigenvalue weighted by atomic mass is 79.9. The Balaban J connectivity index is 2.34. The van der Waals surface area contributed by atoms with Crippen LogP contribution in [-0.2, 0) is 0 Å². The van der Waals surface area contributed by atoms with Crippen LogP contribution < -0.4 is 10.1 Å². The van der Waals surface area contributed by atoms with Crippen molar-refractivity contribution in [3.8, 4) is 11.4 Å². The molecule has 0 fully saturated rings. The van der Waals surface area contributed by atoms with E-state index in [4.69, 9.17) is 0 Å². The van der Waals surface area contributed by atoms with E-state index in [1.54, 1.807) is 24.0 Å². The Bertz CT molecular complexity index is 583. The summed E-state index contributed by atoms with van der Waals surface area (Å²) in [5.41, 5.74) is 0.656. The van der Waals surface area contributed by atoms with Gasteiger partial charge in [-0.3, -0.25) is 4.57 Å². The molecule has 0 spiro atoms. The summed E-state index contributed by atoms with van der Waals surface area (Å²) in [5.74, 6) is 0.291. The van der Waals surface area contributed by atoms with Crippen LogP contribution in [0.1, 0.15) is 0 Å². The number of nitrogens with one attached hydrogen (secondary N) is 1. The summed E-state index contributed by atoms with van der Waals surface area (Å²) < 4.78 is 42.2. The Morgan fingerprint density at radius 1 is 1.37 bits per heavy atom. The van der Waals surface area contributed by atoms with E-state index in [2.05, 4.69) is 31.0 Å². The molecule has 2 rings (SSSR count). The highest BCUT2D eigenvalue weighted by Gasteiger charge is 2.32. The van der Waals surface area contributed by atoms with Crippen molar-refractivity contribution in [2.45, 2.75) is 6.36 Å². The molecule has 0 saturated carbocycles. The molecule has 1 N–H and O–H groups in total. The van der Waals surface area contributed by atoms with Gasteiger partial charge in [-0.15, -0.1) is 13.2 Å². The van der Waals surface area contributed by atoms with Gasteiger partial charge in [0.25, 0.3) is 0 Å². The summed E-state index contributed by atoms with van der Waals surface area (Å²) in [6, 6.07) is 4.27. The quantitative estimate of drug-likeness (QED) is 0.931. The van der Waals surface area contributed by atoms with Gasteiger partial charge < -0.3 is 10.1 Å². The normalized spacial score (nSPS) is 11.4. The first-order valence-electron chi connectivity index (χ1n) is 5.17. The van der Waals surface area contributed by atoms with E-state index in [9.17, 15) is 13.2 Å². The lowest BCUT2D eigenvalue weighted by Gasteiger charge is -2.12. The van der Waals surface area contributed by atoms with Crippen LogP contribution in [0, 0.1) is 0 Å². The minimum atomic E-state index is -4.71. The Kier molecular flexibility index (Phi) is 3.70. The van der Waals surface area contributed by atoms with E-state index in [1.807, 2.05) is 0 Å². The summed E-state index contributed by atoms with van der Waals surface area (Å²) in [5, 5.41) is 2.87. The molecule has 0 unspecified atom stereocenters. The van der Waals surface area contributed by atoms with Gasteiger partial charge >= 0.3 is 6.36 Å². The first-order valence-corrected chi connectivity index (χ1v) is 5.97. The van der Waals surface area contributed by atoms with E-state index in [-0.39, 0.29) is 10.2 Å². The van der Waals surface area contributed by atoms with Crippen molar-refractivity contribution < 1.29 is 17.9 Å². The molecular formula is C11H9BrF3N3O. The largest absolute Gasteiger partial charge is 0.573 e. The SMILES string of the molecule is CNc1nccn1-c1ccc(OC(F)(F)F)c(Br)c1. The summed E-state index contributed by atoms with van der Waals surface area (Å²) in [6.45, 7) is 0. The molecular weight excluding hydrogens is 327 g/mol. The molecule has 0 atom stereocenters. The second-order valence-electron chi connectivity index (χ2n) is 3.53. The van der Waals surface area contributed by atoms with Crippen LogP contribution in [0.4, 0.5) is 19.1 Å². The third-order valence-corrected chi connectivity index (χ3v) is 2.90. The number of halogens is 4. The Labute approximate surface area is 115 Å². The molecule has 1 heterocycles. The Hall–Kier alpha value is -1.70. The third kappa shape index (κ3) is 3.19. The molecule has 0 aliphatic rings. The van der Waals surface area contributed by atoms with E-state index >= 15 is 0 Å². The van der Waals surface area contributed by atoms with Crippen LogP contribution in [0.5, 0.6) is 5.75 Å². The lowest BCUT2D eigenvalue weighted by Crippen LogP contribution is -2.17. The maximum absolute atomic E-state index is 12.1. The maximum Gasteiger partial charge on any atom is 0.573 e. The second-order valence-corrected chi connectivity index (χ2v) is 4.39. The molecule has 8 heteroatoms. The zero-order valence-electron chi connectivity index (χ0n) is 9.70. The fourth-order valence-corrected chi connectivity index (χ4v) is 1.99. The number of ether oxygens (including phenoxy) is 1. The summed E-state index contributed by atoms with van der Waals surface area (Å²) in [4.78, 5) is 4.05. The second kappa shape index (κ2) is 5.12. The van der Waals surface area contributed by atoms with Crippen molar-refractivity contribution in [2.24, 2.45) is 0 Å².